The maximum atomic E-state index is 14.5. The van der Waals surface area contributed by atoms with Crippen LogP contribution in [0.15, 0.2) is 41.2 Å². The molecule has 158 valence electrons. The normalized spacial score (nSPS) is 14.7. The average Bonchev–Trinajstić information content (AvgIpc) is 3.16. The number of aromatic nitrogens is 4. The molecular weight excluding hydrogens is 401 g/mol. The third-order valence-corrected chi connectivity index (χ3v) is 5.57. The Labute approximate surface area is 175 Å². The van der Waals surface area contributed by atoms with Gasteiger partial charge in [-0.05, 0) is 49.9 Å². The van der Waals surface area contributed by atoms with Gasteiger partial charge in [-0.1, -0.05) is 18.6 Å². The van der Waals surface area contributed by atoms with E-state index in [2.05, 4.69) is 25.5 Å². The number of aromatic amines is 2. The SMILES string of the molecule is O=C(Nc1nc2ccc(-c3n[nH]c(=O)c4cccc(F)c34)cc2[nH]1)OC1CCCCC1. The molecule has 8 nitrogen and oxygen atoms in total. The average molecular weight is 421 g/mol. The fourth-order valence-electron chi connectivity index (χ4n) is 4.06. The minimum atomic E-state index is -0.540. The lowest BCUT2D eigenvalue weighted by molar-refractivity contribution is 0.0864. The predicted molar refractivity (Wildman–Crippen MR) is 114 cm³/mol. The van der Waals surface area contributed by atoms with Gasteiger partial charge in [0, 0.05) is 5.56 Å². The highest BCUT2D eigenvalue weighted by Crippen LogP contribution is 2.29. The van der Waals surface area contributed by atoms with Crippen molar-refractivity contribution in [2.45, 2.75) is 38.2 Å². The number of ether oxygens (including phenoxy) is 1. The van der Waals surface area contributed by atoms with Gasteiger partial charge in [0.05, 0.1) is 21.8 Å². The first-order valence-electron chi connectivity index (χ1n) is 10.2. The van der Waals surface area contributed by atoms with Gasteiger partial charge in [-0.25, -0.2) is 19.3 Å². The van der Waals surface area contributed by atoms with E-state index in [0.29, 0.717) is 22.3 Å². The Hall–Kier alpha value is -3.75. The molecule has 1 saturated carbocycles. The van der Waals surface area contributed by atoms with Crippen LogP contribution >= 0.6 is 0 Å². The van der Waals surface area contributed by atoms with E-state index in [9.17, 15) is 14.0 Å². The molecule has 0 atom stereocenters. The van der Waals surface area contributed by atoms with E-state index in [-0.39, 0.29) is 22.8 Å². The lowest BCUT2D eigenvalue weighted by Crippen LogP contribution is -2.24. The van der Waals surface area contributed by atoms with E-state index >= 15 is 0 Å². The molecular formula is C22H20FN5O3. The van der Waals surface area contributed by atoms with E-state index in [0.717, 1.165) is 25.7 Å². The van der Waals surface area contributed by atoms with Gasteiger partial charge in [0.15, 0.2) is 0 Å². The lowest BCUT2D eigenvalue weighted by Gasteiger charge is -2.21. The summed E-state index contributed by atoms with van der Waals surface area (Å²) in [6.45, 7) is 0. The Balaban J connectivity index is 1.44. The number of imidazole rings is 1. The summed E-state index contributed by atoms with van der Waals surface area (Å²) in [5.74, 6) is -0.262. The number of benzene rings is 2. The minimum Gasteiger partial charge on any atom is -0.446 e. The van der Waals surface area contributed by atoms with Crippen molar-refractivity contribution in [2.75, 3.05) is 5.32 Å². The molecule has 1 aliphatic carbocycles. The van der Waals surface area contributed by atoms with Crippen molar-refractivity contribution in [1.82, 2.24) is 20.2 Å². The molecule has 1 fully saturated rings. The van der Waals surface area contributed by atoms with Crippen LogP contribution in [0.2, 0.25) is 0 Å². The standard InChI is InChI=1S/C22H20FN5O3/c23-15-8-4-7-14-18(15)19(27-28-20(14)29)12-9-10-16-17(11-12)25-21(24-16)26-22(30)31-13-5-2-1-3-6-13/h4,7-11,13H,1-3,5-6H2,(H,28,29)(H2,24,25,26,30). The molecule has 0 bridgehead atoms. The Kier molecular flexibility index (Phi) is 4.85. The van der Waals surface area contributed by atoms with Crippen molar-refractivity contribution in [3.8, 4) is 11.3 Å². The number of fused-ring (bicyclic) bond motifs is 2. The zero-order valence-corrected chi connectivity index (χ0v) is 16.6. The molecule has 1 aliphatic rings. The van der Waals surface area contributed by atoms with Gasteiger partial charge >= 0.3 is 6.09 Å². The first-order chi connectivity index (χ1) is 15.1. The zero-order valence-electron chi connectivity index (χ0n) is 16.6. The van der Waals surface area contributed by atoms with Crippen LogP contribution in [0.1, 0.15) is 32.1 Å². The number of nitrogens with zero attached hydrogens (tertiary/aromatic N) is 2. The summed E-state index contributed by atoms with van der Waals surface area (Å²) in [4.78, 5) is 31.6. The van der Waals surface area contributed by atoms with E-state index in [4.69, 9.17) is 4.74 Å². The minimum absolute atomic E-state index is 0.0563. The summed E-state index contributed by atoms with van der Waals surface area (Å²) in [5.41, 5.74) is 1.70. The van der Waals surface area contributed by atoms with E-state index < -0.39 is 17.5 Å². The van der Waals surface area contributed by atoms with Gasteiger partial charge in [-0.15, -0.1) is 0 Å². The number of rotatable bonds is 3. The number of anilines is 1. The Morgan fingerprint density at radius 3 is 2.84 bits per heavy atom. The number of hydrogen-bond donors (Lipinski definition) is 3. The molecule has 31 heavy (non-hydrogen) atoms. The molecule has 2 aromatic heterocycles. The predicted octanol–water partition coefficient (Wildman–Crippen LogP) is 4.49. The molecule has 0 aliphatic heterocycles. The number of H-pyrrole nitrogens is 2. The van der Waals surface area contributed by atoms with Crippen LogP contribution in [0, 0.1) is 5.82 Å². The highest BCUT2D eigenvalue weighted by Gasteiger charge is 2.19. The van der Waals surface area contributed by atoms with Crippen LogP contribution in [-0.2, 0) is 4.74 Å². The van der Waals surface area contributed by atoms with Gasteiger partial charge in [0.25, 0.3) is 5.56 Å². The maximum absolute atomic E-state index is 14.5. The molecule has 0 unspecified atom stereocenters. The quantitative estimate of drug-likeness (QED) is 0.451. The van der Waals surface area contributed by atoms with Crippen molar-refractivity contribution < 1.29 is 13.9 Å². The van der Waals surface area contributed by atoms with E-state index in [1.54, 1.807) is 24.3 Å². The molecule has 3 N–H and O–H groups in total. The van der Waals surface area contributed by atoms with Crippen LogP contribution in [0.4, 0.5) is 15.1 Å². The molecule has 0 spiro atoms. The van der Waals surface area contributed by atoms with Crippen LogP contribution < -0.4 is 10.9 Å². The Bertz CT molecular complexity index is 1340. The van der Waals surface area contributed by atoms with Crippen molar-refractivity contribution in [2.24, 2.45) is 0 Å². The van der Waals surface area contributed by atoms with Crippen LogP contribution in [0.25, 0.3) is 33.1 Å². The summed E-state index contributed by atoms with van der Waals surface area (Å²) in [5, 5.41) is 9.49. The second-order valence-electron chi connectivity index (χ2n) is 7.67. The molecule has 0 radical (unpaired) electrons. The first-order valence-corrected chi connectivity index (χ1v) is 10.2. The zero-order chi connectivity index (χ0) is 21.4. The third-order valence-electron chi connectivity index (χ3n) is 5.57. The molecule has 9 heteroatoms. The number of nitrogens with one attached hydrogen (secondary N) is 3. The number of carbonyl (C=O) groups is 1. The maximum Gasteiger partial charge on any atom is 0.414 e. The Morgan fingerprint density at radius 1 is 1.16 bits per heavy atom. The molecule has 1 amide bonds. The fraction of sp³-hybridized carbons (Fsp3) is 0.273. The number of carbonyl (C=O) groups excluding carboxylic acids is 1. The molecule has 2 aromatic carbocycles. The van der Waals surface area contributed by atoms with Gasteiger partial charge in [-0.2, -0.15) is 5.10 Å². The monoisotopic (exact) mass is 421 g/mol. The van der Waals surface area contributed by atoms with Gasteiger partial charge in [-0.3, -0.25) is 10.1 Å². The van der Waals surface area contributed by atoms with Crippen molar-refractivity contribution in [3.63, 3.8) is 0 Å². The largest absolute Gasteiger partial charge is 0.446 e. The van der Waals surface area contributed by atoms with Crippen molar-refractivity contribution in [3.05, 3.63) is 52.6 Å². The molecule has 2 heterocycles. The third kappa shape index (κ3) is 3.74. The molecule has 5 rings (SSSR count). The topological polar surface area (TPSA) is 113 Å². The Morgan fingerprint density at radius 2 is 2.00 bits per heavy atom. The summed E-state index contributed by atoms with van der Waals surface area (Å²) >= 11 is 0. The second-order valence-corrected chi connectivity index (χ2v) is 7.67. The van der Waals surface area contributed by atoms with Gasteiger partial charge < -0.3 is 9.72 Å². The smallest absolute Gasteiger partial charge is 0.414 e. The molecule has 4 aromatic rings. The van der Waals surface area contributed by atoms with Crippen molar-refractivity contribution in [1.29, 1.82) is 0 Å². The highest BCUT2D eigenvalue weighted by molar-refractivity contribution is 5.96. The van der Waals surface area contributed by atoms with E-state index in [1.807, 2.05) is 0 Å². The van der Waals surface area contributed by atoms with Gasteiger partial charge in [0.2, 0.25) is 5.95 Å². The summed E-state index contributed by atoms with van der Waals surface area (Å²) < 4.78 is 20.0. The summed E-state index contributed by atoms with van der Waals surface area (Å²) in [6.07, 6.45) is 4.48. The first kappa shape index (κ1) is 19.2. The van der Waals surface area contributed by atoms with Gasteiger partial charge in [0.1, 0.15) is 17.6 Å². The van der Waals surface area contributed by atoms with Crippen LogP contribution in [-0.4, -0.2) is 32.4 Å². The number of hydrogen-bond acceptors (Lipinski definition) is 5. The van der Waals surface area contributed by atoms with E-state index in [1.165, 1.54) is 18.6 Å². The summed E-state index contributed by atoms with van der Waals surface area (Å²) in [6, 6.07) is 9.54. The molecule has 0 saturated heterocycles. The lowest BCUT2D eigenvalue weighted by atomic mass is 9.98. The fourth-order valence-corrected chi connectivity index (χ4v) is 4.06. The van der Waals surface area contributed by atoms with Crippen molar-refractivity contribution >= 4 is 33.8 Å². The number of amides is 1. The van der Waals surface area contributed by atoms with Crippen LogP contribution in [0.5, 0.6) is 0 Å². The second kappa shape index (κ2) is 7.82. The number of halogens is 1. The highest BCUT2D eigenvalue weighted by atomic mass is 19.1. The van der Waals surface area contributed by atoms with Crippen LogP contribution in [0.3, 0.4) is 0 Å². The summed E-state index contributed by atoms with van der Waals surface area (Å²) in [7, 11) is 0.